The highest BCUT2D eigenvalue weighted by molar-refractivity contribution is 6.00. The number of nitrogen functional groups attached to an aromatic ring is 1. The highest BCUT2D eigenvalue weighted by Gasteiger charge is 2.23. The van der Waals surface area contributed by atoms with Crippen LogP contribution in [0.25, 0.3) is 0 Å². The van der Waals surface area contributed by atoms with Gasteiger partial charge in [0, 0.05) is 7.05 Å². The van der Waals surface area contributed by atoms with E-state index in [0.29, 0.717) is 6.42 Å². The van der Waals surface area contributed by atoms with Crippen LogP contribution in [0, 0.1) is 5.92 Å². The third-order valence-corrected chi connectivity index (χ3v) is 2.54. The zero-order valence-corrected chi connectivity index (χ0v) is 10.7. The molecular weight excluding hydrogens is 236 g/mol. The van der Waals surface area contributed by atoms with Crippen LogP contribution in [-0.2, 0) is 11.8 Å². The molecule has 0 fully saturated rings. The SMILES string of the molecule is CC(C)CC(NC(=O)c1cnn(C)c1N)C(=O)O. The molecular formula is C11H18N4O3. The number of hydrogen-bond donors (Lipinski definition) is 3. The number of aryl methyl sites for hydroxylation is 1. The number of hydrogen-bond acceptors (Lipinski definition) is 4. The van der Waals surface area contributed by atoms with Gasteiger partial charge in [-0.15, -0.1) is 0 Å². The summed E-state index contributed by atoms with van der Waals surface area (Å²) in [6.45, 7) is 3.78. The Kier molecular flexibility index (Phi) is 4.30. The predicted octanol–water partition coefficient (Wildman–Crippen LogP) is 0.231. The van der Waals surface area contributed by atoms with Gasteiger partial charge in [-0.25, -0.2) is 4.79 Å². The van der Waals surface area contributed by atoms with Crippen LogP contribution in [0.2, 0.25) is 0 Å². The quantitative estimate of drug-likeness (QED) is 0.696. The van der Waals surface area contributed by atoms with Crippen LogP contribution in [0.5, 0.6) is 0 Å². The van der Waals surface area contributed by atoms with Crippen molar-refractivity contribution in [3.63, 3.8) is 0 Å². The van der Waals surface area contributed by atoms with Crippen LogP contribution in [0.15, 0.2) is 6.20 Å². The van der Waals surface area contributed by atoms with E-state index >= 15 is 0 Å². The van der Waals surface area contributed by atoms with Gasteiger partial charge in [-0.05, 0) is 12.3 Å². The van der Waals surface area contributed by atoms with Crippen molar-refractivity contribution < 1.29 is 14.7 Å². The van der Waals surface area contributed by atoms with E-state index in [2.05, 4.69) is 10.4 Å². The van der Waals surface area contributed by atoms with Crippen molar-refractivity contribution >= 4 is 17.7 Å². The number of carbonyl (C=O) groups excluding carboxylic acids is 1. The summed E-state index contributed by atoms with van der Waals surface area (Å²) in [5.74, 6) is -1.20. The molecule has 1 aromatic rings. The molecule has 0 saturated heterocycles. The van der Waals surface area contributed by atoms with Crippen LogP contribution in [-0.4, -0.2) is 32.8 Å². The van der Waals surface area contributed by atoms with E-state index in [1.165, 1.54) is 10.9 Å². The number of aromatic nitrogens is 2. The van der Waals surface area contributed by atoms with Gasteiger partial charge in [-0.3, -0.25) is 9.48 Å². The lowest BCUT2D eigenvalue weighted by Crippen LogP contribution is -2.41. The topological polar surface area (TPSA) is 110 Å². The van der Waals surface area contributed by atoms with E-state index in [1.54, 1.807) is 7.05 Å². The fraction of sp³-hybridized carbons (Fsp3) is 0.545. The number of carbonyl (C=O) groups is 2. The van der Waals surface area contributed by atoms with E-state index in [1.807, 2.05) is 13.8 Å². The molecule has 1 heterocycles. The Labute approximate surface area is 105 Å². The molecule has 1 atom stereocenters. The maximum atomic E-state index is 11.9. The Bertz CT molecular complexity index is 453. The number of nitrogens with two attached hydrogens (primary N) is 1. The Balaban J connectivity index is 2.79. The van der Waals surface area contributed by atoms with Gasteiger partial charge < -0.3 is 16.2 Å². The number of carboxylic acid groups (broad SMARTS) is 1. The maximum absolute atomic E-state index is 11.9. The highest BCUT2D eigenvalue weighted by atomic mass is 16.4. The van der Waals surface area contributed by atoms with Crippen molar-refractivity contribution in [2.75, 3.05) is 5.73 Å². The lowest BCUT2D eigenvalue weighted by Gasteiger charge is -2.16. The molecule has 0 spiro atoms. The second-order valence-corrected chi connectivity index (χ2v) is 4.56. The van der Waals surface area contributed by atoms with Crippen LogP contribution < -0.4 is 11.1 Å². The second kappa shape index (κ2) is 5.52. The minimum atomic E-state index is -1.06. The smallest absolute Gasteiger partial charge is 0.326 e. The molecule has 7 heteroatoms. The zero-order chi connectivity index (χ0) is 13.9. The molecule has 100 valence electrons. The van der Waals surface area contributed by atoms with Crippen molar-refractivity contribution in [1.82, 2.24) is 15.1 Å². The molecule has 7 nitrogen and oxygen atoms in total. The zero-order valence-electron chi connectivity index (χ0n) is 10.7. The van der Waals surface area contributed by atoms with Gasteiger partial charge >= 0.3 is 5.97 Å². The summed E-state index contributed by atoms with van der Waals surface area (Å²) in [6, 6.07) is -0.919. The molecule has 0 bridgehead atoms. The first-order chi connectivity index (χ1) is 8.32. The number of amides is 1. The molecule has 0 radical (unpaired) electrons. The summed E-state index contributed by atoms with van der Waals surface area (Å²) >= 11 is 0. The lowest BCUT2D eigenvalue weighted by atomic mass is 10.0. The first-order valence-corrected chi connectivity index (χ1v) is 5.64. The minimum absolute atomic E-state index is 0.164. The predicted molar refractivity (Wildman–Crippen MR) is 66.0 cm³/mol. The van der Waals surface area contributed by atoms with Crippen LogP contribution >= 0.6 is 0 Å². The molecule has 18 heavy (non-hydrogen) atoms. The fourth-order valence-electron chi connectivity index (χ4n) is 1.55. The van der Waals surface area contributed by atoms with Crippen LogP contribution in [0.1, 0.15) is 30.6 Å². The number of carboxylic acids is 1. The van der Waals surface area contributed by atoms with Crippen LogP contribution in [0.4, 0.5) is 5.82 Å². The van der Waals surface area contributed by atoms with Gasteiger partial charge in [0.25, 0.3) is 5.91 Å². The first kappa shape index (κ1) is 14.0. The Hall–Kier alpha value is -2.05. The first-order valence-electron chi connectivity index (χ1n) is 5.64. The van der Waals surface area contributed by atoms with Crippen molar-refractivity contribution in [3.05, 3.63) is 11.8 Å². The normalized spacial score (nSPS) is 12.4. The molecule has 0 aliphatic carbocycles. The highest BCUT2D eigenvalue weighted by Crippen LogP contribution is 2.11. The average Bonchev–Trinajstić information content (AvgIpc) is 2.58. The molecule has 4 N–H and O–H groups in total. The van der Waals surface area contributed by atoms with Gasteiger partial charge in [0.15, 0.2) is 0 Å². The Morgan fingerprint density at radius 1 is 1.56 bits per heavy atom. The second-order valence-electron chi connectivity index (χ2n) is 4.56. The van der Waals surface area contributed by atoms with Crippen molar-refractivity contribution in [1.29, 1.82) is 0 Å². The van der Waals surface area contributed by atoms with E-state index in [0.717, 1.165) is 0 Å². The summed E-state index contributed by atoms with van der Waals surface area (Å²) in [5, 5.41) is 15.3. The van der Waals surface area contributed by atoms with E-state index in [9.17, 15) is 9.59 Å². The van der Waals surface area contributed by atoms with E-state index in [4.69, 9.17) is 10.8 Å². The minimum Gasteiger partial charge on any atom is -0.480 e. The van der Waals surface area contributed by atoms with Gasteiger partial charge in [-0.1, -0.05) is 13.8 Å². The molecule has 0 aliphatic heterocycles. The summed E-state index contributed by atoms with van der Waals surface area (Å²) in [4.78, 5) is 22.9. The average molecular weight is 254 g/mol. The molecule has 0 saturated carbocycles. The number of anilines is 1. The molecule has 1 aromatic heterocycles. The van der Waals surface area contributed by atoms with Crippen molar-refractivity contribution in [2.24, 2.45) is 13.0 Å². The lowest BCUT2D eigenvalue weighted by molar-refractivity contribution is -0.139. The number of nitrogens with zero attached hydrogens (tertiary/aromatic N) is 2. The van der Waals surface area contributed by atoms with E-state index in [-0.39, 0.29) is 17.3 Å². The summed E-state index contributed by atoms with van der Waals surface area (Å²) in [7, 11) is 1.61. The van der Waals surface area contributed by atoms with E-state index < -0.39 is 17.9 Å². The number of nitrogens with one attached hydrogen (secondary N) is 1. The summed E-state index contributed by atoms with van der Waals surface area (Å²) in [5.41, 5.74) is 5.84. The van der Waals surface area contributed by atoms with Gasteiger partial charge in [0.1, 0.15) is 17.4 Å². The number of rotatable bonds is 5. The third kappa shape index (κ3) is 3.22. The van der Waals surface area contributed by atoms with Crippen LogP contribution in [0.3, 0.4) is 0 Å². The van der Waals surface area contributed by atoms with Crippen molar-refractivity contribution in [3.8, 4) is 0 Å². The largest absolute Gasteiger partial charge is 0.480 e. The molecule has 0 aliphatic rings. The monoisotopic (exact) mass is 254 g/mol. The molecule has 1 amide bonds. The standard InChI is InChI=1S/C11H18N4O3/c1-6(2)4-8(11(17)18)14-10(16)7-5-13-15(3)9(7)12/h5-6,8H,4,12H2,1-3H3,(H,14,16)(H,17,18). The molecule has 1 unspecified atom stereocenters. The summed E-state index contributed by atoms with van der Waals surface area (Å²) in [6.07, 6.45) is 1.68. The maximum Gasteiger partial charge on any atom is 0.326 e. The number of aliphatic carboxylic acids is 1. The van der Waals surface area contributed by atoms with Gasteiger partial charge in [0.05, 0.1) is 6.20 Å². The Morgan fingerprint density at radius 3 is 2.56 bits per heavy atom. The summed E-state index contributed by atoms with van der Waals surface area (Å²) < 4.78 is 1.35. The van der Waals surface area contributed by atoms with Gasteiger partial charge in [0.2, 0.25) is 0 Å². The van der Waals surface area contributed by atoms with Gasteiger partial charge in [-0.2, -0.15) is 5.10 Å². The molecule has 0 aromatic carbocycles. The molecule has 1 rings (SSSR count). The fourth-order valence-corrected chi connectivity index (χ4v) is 1.55. The Morgan fingerprint density at radius 2 is 2.17 bits per heavy atom. The van der Waals surface area contributed by atoms with Crippen molar-refractivity contribution in [2.45, 2.75) is 26.3 Å². The third-order valence-electron chi connectivity index (χ3n) is 2.54.